The average Bonchev–Trinajstić information content (AvgIpc) is 3.13. The Bertz CT molecular complexity index is 886. The van der Waals surface area contributed by atoms with Crippen LogP contribution in [0.15, 0.2) is 36.4 Å². The number of carbonyl (C=O) groups is 2. The van der Waals surface area contributed by atoms with Gasteiger partial charge in [0.05, 0.1) is 17.8 Å². The molecule has 0 aromatic heterocycles. The van der Waals surface area contributed by atoms with Crippen LogP contribution in [0, 0.1) is 6.92 Å². The lowest BCUT2D eigenvalue weighted by molar-refractivity contribution is -0.119. The number of nitrogens with zero attached hydrogens (tertiary/aromatic N) is 1. The maximum atomic E-state index is 13.0. The van der Waals surface area contributed by atoms with E-state index in [1.54, 1.807) is 42.3 Å². The maximum Gasteiger partial charge on any atom is 0.254 e. The maximum absolute atomic E-state index is 13.0. The number of likely N-dealkylation sites (tertiary alicyclic amines) is 1. The molecule has 0 bridgehead atoms. The first-order valence-corrected chi connectivity index (χ1v) is 9.38. The van der Waals surface area contributed by atoms with Gasteiger partial charge in [0.2, 0.25) is 5.91 Å². The van der Waals surface area contributed by atoms with Crippen LogP contribution in [0.2, 0.25) is 10.0 Å². The molecule has 0 radical (unpaired) electrons. The molecule has 0 unspecified atom stereocenters. The lowest BCUT2D eigenvalue weighted by atomic mass is 10.1. The number of methoxy groups -OCH3 is 1. The van der Waals surface area contributed by atoms with Gasteiger partial charge in [-0.3, -0.25) is 9.59 Å². The average molecular weight is 407 g/mol. The number of hydrogen-bond acceptors (Lipinski definition) is 3. The van der Waals surface area contributed by atoms with Gasteiger partial charge in [0.15, 0.2) is 0 Å². The number of amides is 2. The Morgan fingerprint density at radius 2 is 1.96 bits per heavy atom. The number of rotatable bonds is 4. The first-order chi connectivity index (χ1) is 12.9. The second-order valence-corrected chi connectivity index (χ2v) is 7.30. The van der Waals surface area contributed by atoms with Gasteiger partial charge < -0.3 is 15.0 Å². The normalized spacial score (nSPS) is 16.3. The Morgan fingerprint density at radius 3 is 2.67 bits per heavy atom. The summed E-state index contributed by atoms with van der Waals surface area (Å²) in [6.45, 7) is 2.44. The van der Waals surface area contributed by atoms with E-state index in [0.29, 0.717) is 40.0 Å². The Kier molecular flexibility index (Phi) is 5.92. The van der Waals surface area contributed by atoms with Crippen LogP contribution in [0.3, 0.4) is 0 Å². The first kappa shape index (κ1) is 19.5. The first-order valence-electron chi connectivity index (χ1n) is 8.62. The van der Waals surface area contributed by atoms with Crippen molar-refractivity contribution in [2.75, 3.05) is 19.0 Å². The molecule has 0 spiro atoms. The second kappa shape index (κ2) is 8.19. The molecule has 1 N–H and O–H groups in total. The number of benzene rings is 2. The molecule has 27 heavy (non-hydrogen) atoms. The monoisotopic (exact) mass is 406 g/mol. The molecule has 7 heteroatoms. The molecule has 0 aliphatic carbocycles. The molecule has 142 valence electrons. The van der Waals surface area contributed by atoms with Gasteiger partial charge >= 0.3 is 0 Å². The molecule has 2 aromatic rings. The van der Waals surface area contributed by atoms with Crippen molar-refractivity contribution >= 4 is 40.7 Å². The van der Waals surface area contributed by atoms with Crippen LogP contribution in [0.1, 0.15) is 28.8 Å². The van der Waals surface area contributed by atoms with Gasteiger partial charge in [-0.1, -0.05) is 29.3 Å². The zero-order chi connectivity index (χ0) is 19.6. The van der Waals surface area contributed by atoms with Crippen molar-refractivity contribution in [2.24, 2.45) is 0 Å². The van der Waals surface area contributed by atoms with Crippen LogP contribution < -0.4 is 10.1 Å². The van der Waals surface area contributed by atoms with E-state index in [1.165, 1.54) is 0 Å². The van der Waals surface area contributed by atoms with E-state index in [0.717, 1.165) is 12.0 Å². The Hall–Kier alpha value is -2.24. The standard InChI is InChI=1S/C20H20Cl2N2O3/c1-12-5-6-13(10-18(12)27-2)20(26)24-9-3-4-17(24)19(25)23-16-8-7-14(21)11-15(16)22/h5-8,10-11,17H,3-4,9H2,1-2H3,(H,23,25)/t17-/m1/s1. The number of anilines is 1. The van der Waals surface area contributed by atoms with Crippen molar-refractivity contribution in [3.63, 3.8) is 0 Å². The van der Waals surface area contributed by atoms with Crippen LogP contribution in [-0.4, -0.2) is 36.4 Å². The van der Waals surface area contributed by atoms with Crippen molar-refractivity contribution in [1.29, 1.82) is 0 Å². The van der Waals surface area contributed by atoms with Gasteiger partial charge in [-0.05, 0) is 55.7 Å². The lowest BCUT2D eigenvalue weighted by Crippen LogP contribution is -2.43. The van der Waals surface area contributed by atoms with Crippen molar-refractivity contribution in [3.05, 3.63) is 57.6 Å². The topological polar surface area (TPSA) is 58.6 Å². The van der Waals surface area contributed by atoms with E-state index in [2.05, 4.69) is 5.32 Å². The quantitative estimate of drug-likeness (QED) is 0.809. The minimum atomic E-state index is -0.545. The predicted octanol–water partition coefficient (Wildman–Crippen LogP) is 4.55. The molecule has 1 atom stereocenters. The molecule has 1 aliphatic heterocycles. The van der Waals surface area contributed by atoms with Crippen LogP contribution in [0.5, 0.6) is 5.75 Å². The summed E-state index contributed by atoms with van der Waals surface area (Å²) in [7, 11) is 1.57. The zero-order valence-corrected chi connectivity index (χ0v) is 16.6. The summed E-state index contributed by atoms with van der Waals surface area (Å²) in [5.41, 5.74) is 1.92. The fourth-order valence-corrected chi connectivity index (χ4v) is 3.66. The van der Waals surface area contributed by atoms with Crippen LogP contribution in [-0.2, 0) is 4.79 Å². The Morgan fingerprint density at radius 1 is 1.19 bits per heavy atom. The minimum Gasteiger partial charge on any atom is -0.496 e. The molecule has 5 nitrogen and oxygen atoms in total. The minimum absolute atomic E-state index is 0.187. The SMILES string of the molecule is COc1cc(C(=O)N2CCC[C@@H]2C(=O)Nc2ccc(Cl)cc2Cl)ccc1C. The van der Waals surface area contributed by atoms with Crippen molar-refractivity contribution in [1.82, 2.24) is 4.90 Å². The Balaban J connectivity index is 1.78. The third-order valence-electron chi connectivity index (χ3n) is 4.66. The molecule has 2 amide bonds. The molecule has 1 heterocycles. The van der Waals surface area contributed by atoms with Gasteiger partial charge in [-0.15, -0.1) is 0 Å². The number of nitrogens with one attached hydrogen (secondary N) is 1. The number of halogens is 2. The van der Waals surface area contributed by atoms with Crippen LogP contribution in [0.4, 0.5) is 5.69 Å². The number of aryl methyl sites for hydroxylation is 1. The van der Waals surface area contributed by atoms with Crippen molar-refractivity contribution in [3.8, 4) is 5.75 Å². The highest BCUT2D eigenvalue weighted by molar-refractivity contribution is 6.36. The van der Waals surface area contributed by atoms with E-state index in [4.69, 9.17) is 27.9 Å². The van der Waals surface area contributed by atoms with Gasteiger partial charge in [-0.25, -0.2) is 0 Å². The molecule has 3 rings (SSSR count). The Labute approximate surface area is 168 Å². The number of hydrogen-bond donors (Lipinski definition) is 1. The molecule has 2 aromatic carbocycles. The summed E-state index contributed by atoms with van der Waals surface area (Å²) in [5.74, 6) is 0.200. The smallest absolute Gasteiger partial charge is 0.254 e. The molecule has 1 fully saturated rings. The lowest BCUT2D eigenvalue weighted by Gasteiger charge is -2.24. The van der Waals surface area contributed by atoms with E-state index in [1.807, 2.05) is 13.0 Å². The highest BCUT2D eigenvalue weighted by Crippen LogP contribution is 2.28. The van der Waals surface area contributed by atoms with Crippen molar-refractivity contribution in [2.45, 2.75) is 25.8 Å². The molecular weight excluding hydrogens is 387 g/mol. The van der Waals surface area contributed by atoms with Crippen LogP contribution in [0.25, 0.3) is 0 Å². The largest absolute Gasteiger partial charge is 0.496 e. The molecule has 1 aliphatic rings. The number of ether oxygens (including phenoxy) is 1. The van der Waals surface area contributed by atoms with Crippen molar-refractivity contribution < 1.29 is 14.3 Å². The zero-order valence-electron chi connectivity index (χ0n) is 15.1. The summed E-state index contributed by atoms with van der Waals surface area (Å²) in [5, 5.41) is 3.65. The predicted molar refractivity (Wildman–Crippen MR) is 107 cm³/mol. The van der Waals surface area contributed by atoms with Crippen LogP contribution >= 0.6 is 23.2 Å². The van der Waals surface area contributed by atoms with E-state index >= 15 is 0 Å². The highest BCUT2D eigenvalue weighted by atomic mass is 35.5. The molecular formula is C20H20Cl2N2O3. The summed E-state index contributed by atoms with van der Waals surface area (Å²) in [6, 6.07) is 9.62. The number of carbonyl (C=O) groups excluding carboxylic acids is 2. The molecule has 1 saturated heterocycles. The van der Waals surface area contributed by atoms with E-state index in [-0.39, 0.29) is 11.8 Å². The molecule has 0 saturated carbocycles. The fourth-order valence-electron chi connectivity index (χ4n) is 3.21. The highest BCUT2D eigenvalue weighted by Gasteiger charge is 2.35. The third kappa shape index (κ3) is 4.20. The van der Waals surface area contributed by atoms with Gasteiger partial charge in [-0.2, -0.15) is 0 Å². The van der Waals surface area contributed by atoms with E-state index in [9.17, 15) is 9.59 Å². The van der Waals surface area contributed by atoms with Gasteiger partial charge in [0.1, 0.15) is 11.8 Å². The third-order valence-corrected chi connectivity index (χ3v) is 5.21. The summed E-state index contributed by atoms with van der Waals surface area (Å²) < 4.78 is 5.30. The second-order valence-electron chi connectivity index (χ2n) is 6.45. The summed E-state index contributed by atoms with van der Waals surface area (Å²) >= 11 is 12.0. The van der Waals surface area contributed by atoms with E-state index < -0.39 is 6.04 Å². The summed E-state index contributed by atoms with van der Waals surface area (Å²) in [4.78, 5) is 27.3. The van der Waals surface area contributed by atoms with Gasteiger partial charge in [0.25, 0.3) is 5.91 Å². The fraction of sp³-hybridized carbons (Fsp3) is 0.300. The summed E-state index contributed by atoms with van der Waals surface area (Å²) in [6.07, 6.45) is 1.37. The van der Waals surface area contributed by atoms with Gasteiger partial charge in [0, 0.05) is 17.1 Å².